The minimum Gasteiger partial charge on any atom is -0.461 e. The van der Waals surface area contributed by atoms with Crippen molar-refractivity contribution in [2.24, 2.45) is 58.7 Å². The van der Waals surface area contributed by atoms with Crippen LogP contribution in [0.4, 0.5) is 0 Å². The van der Waals surface area contributed by atoms with Crippen LogP contribution in [-0.2, 0) is 19.1 Å². The third-order valence-electron chi connectivity index (χ3n) is 12.5. The van der Waals surface area contributed by atoms with E-state index in [-0.39, 0.29) is 71.3 Å². The number of carbonyl (C=O) groups is 2. The Labute approximate surface area is 218 Å². The van der Waals surface area contributed by atoms with Crippen molar-refractivity contribution in [2.75, 3.05) is 0 Å². The van der Waals surface area contributed by atoms with E-state index in [2.05, 4.69) is 13.5 Å². The molecule has 2 saturated heterocycles. The van der Waals surface area contributed by atoms with Crippen molar-refractivity contribution in [3.63, 3.8) is 0 Å². The minimum atomic E-state index is -1.08. The first kappa shape index (κ1) is 24.3. The third-order valence-corrected chi connectivity index (χ3v) is 12.5. The number of hydrogen-bond donors (Lipinski definition) is 3. The van der Waals surface area contributed by atoms with Crippen molar-refractivity contribution < 1.29 is 34.4 Å². The molecule has 7 aliphatic rings. The predicted octanol–water partition coefficient (Wildman–Crippen LogP) is 2.77. The Morgan fingerprint density at radius 1 is 0.892 bits per heavy atom. The standard InChI is InChI=1S/C30H40O7/c1-11-15-7-9-28(5,34)21-17(23(15)36-26(11)32)13(3)20-18(21)19-22(31)14(4)30(20)24(19)29(6,35)10-8-16-12(2)27(33)37-25(16)30/h11-12,15-16,18-25,31,34-35H,4,7-10H2,1-3,5-6H3/t11-,12-,15-,16-,18-,19-,20-,21-,22-,23-,24-,25-,28-,29-,30+/m0/s1. The van der Waals surface area contributed by atoms with Crippen molar-refractivity contribution in [3.05, 3.63) is 23.3 Å². The Hall–Kier alpha value is -1.70. The number of fused-ring (bicyclic) bond motifs is 7. The summed E-state index contributed by atoms with van der Waals surface area (Å²) in [7, 11) is 0. The highest BCUT2D eigenvalue weighted by Gasteiger charge is 2.82. The van der Waals surface area contributed by atoms with Gasteiger partial charge in [0, 0.05) is 29.1 Å². The van der Waals surface area contributed by atoms with Crippen molar-refractivity contribution in [2.45, 2.75) is 89.8 Å². The SMILES string of the molecule is C=C1[C@H](O)[C@@H]2[C@H]3[C@H](C(C)=C4[C@H]5OC(=O)[C@@H](C)[C@@H]5CC[C@](C)(O)[C@@H]43)[C@@]13[C@@H]2[C@@](C)(O)CC[C@H]1[C@H](C)C(=O)O[C@@H]13. The summed E-state index contributed by atoms with van der Waals surface area (Å²) in [6.45, 7) is 14.1. The molecule has 3 N–H and O–H groups in total. The minimum absolute atomic E-state index is 0.00106. The fourth-order valence-corrected chi connectivity index (χ4v) is 11.2. The van der Waals surface area contributed by atoms with Crippen LogP contribution < -0.4 is 0 Å². The summed E-state index contributed by atoms with van der Waals surface area (Å²) < 4.78 is 12.3. The Morgan fingerprint density at radius 2 is 1.49 bits per heavy atom. The van der Waals surface area contributed by atoms with Gasteiger partial charge >= 0.3 is 11.9 Å². The fourth-order valence-electron chi connectivity index (χ4n) is 11.2. The summed E-state index contributed by atoms with van der Waals surface area (Å²) >= 11 is 0. The molecule has 4 saturated carbocycles. The molecule has 7 nitrogen and oxygen atoms in total. The molecule has 7 heteroatoms. The molecule has 6 fully saturated rings. The zero-order valence-corrected chi connectivity index (χ0v) is 22.4. The maximum atomic E-state index is 13.0. The largest absolute Gasteiger partial charge is 0.461 e. The Bertz CT molecular complexity index is 1150. The highest BCUT2D eigenvalue weighted by atomic mass is 16.6. The van der Waals surface area contributed by atoms with E-state index < -0.39 is 28.8 Å². The first-order valence-corrected chi connectivity index (χ1v) is 14.2. The van der Waals surface area contributed by atoms with Crippen LogP contribution >= 0.6 is 0 Å². The van der Waals surface area contributed by atoms with Gasteiger partial charge in [0.1, 0.15) is 12.2 Å². The van der Waals surface area contributed by atoms with E-state index in [0.29, 0.717) is 31.3 Å². The van der Waals surface area contributed by atoms with E-state index in [0.717, 1.165) is 11.1 Å². The van der Waals surface area contributed by atoms with Gasteiger partial charge in [-0.1, -0.05) is 26.0 Å². The lowest BCUT2D eigenvalue weighted by Gasteiger charge is -2.48. The number of allylic oxidation sites excluding steroid dienone is 1. The number of rotatable bonds is 0. The van der Waals surface area contributed by atoms with Gasteiger partial charge in [0.25, 0.3) is 0 Å². The number of aliphatic hydroxyl groups excluding tert-OH is 1. The summed E-state index contributed by atoms with van der Waals surface area (Å²) in [5, 5.41) is 35.9. The van der Waals surface area contributed by atoms with Crippen LogP contribution in [-0.4, -0.2) is 56.8 Å². The maximum absolute atomic E-state index is 13.0. The first-order valence-electron chi connectivity index (χ1n) is 14.2. The van der Waals surface area contributed by atoms with Gasteiger partial charge in [0.15, 0.2) is 0 Å². The molecule has 2 heterocycles. The molecule has 15 atom stereocenters. The van der Waals surface area contributed by atoms with Crippen LogP contribution in [0.15, 0.2) is 23.3 Å². The lowest BCUT2D eigenvalue weighted by atomic mass is 9.57. The van der Waals surface area contributed by atoms with Crippen LogP contribution in [0.2, 0.25) is 0 Å². The summed E-state index contributed by atoms with van der Waals surface area (Å²) in [5.41, 5.74) is -0.238. The van der Waals surface area contributed by atoms with Crippen LogP contribution in [0.25, 0.3) is 0 Å². The van der Waals surface area contributed by atoms with Crippen molar-refractivity contribution in [1.29, 1.82) is 0 Å². The predicted molar refractivity (Wildman–Crippen MR) is 133 cm³/mol. The maximum Gasteiger partial charge on any atom is 0.309 e. The third kappa shape index (κ3) is 2.56. The van der Waals surface area contributed by atoms with Gasteiger partial charge in [-0.3, -0.25) is 9.59 Å². The van der Waals surface area contributed by atoms with Crippen LogP contribution in [0, 0.1) is 58.7 Å². The van der Waals surface area contributed by atoms with E-state index in [1.807, 2.05) is 27.7 Å². The monoisotopic (exact) mass is 512 g/mol. The highest BCUT2D eigenvalue weighted by molar-refractivity contribution is 5.76. The Morgan fingerprint density at radius 3 is 2.19 bits per heavy atom. The molecule has 0 unspecified atom stereocenters. The van der Waals surface area contributed by atoms with Gasteiger partial charge in [0.2, 0.25) is 0 Å². The Kier molecular flexibility index (Phi) is 4.66. The van der Waals surface area contributed by atoms with Crippen LogP contribution in [0.1, 0.15) is 60.3 Å². The molecular weight excluding hydrogens is 472 g/mol. The van der Waals surface area contributed by atoms with Crippen LogP contribution in [0.3, 0.4) is 0 Å². The first-order chi connectivity index (χ1) is 17.3. The van der Waals surface area contributed by atoms with E-state index in [1.165, 1.54) is 0 Å². The lowest BCUT2D eigenvalue weighted by molar-refractivity contribution is -0.152. The van der Waals surface area contributed by atoms with Gasteiger partial charge in [-0.05, 0) is 75.4 Å². The molecule has 37 heavy (non-hydrogen) atoms. The normalized spacial score (nSPS) is 59.7. The lowest BCUT2D eigenvalue weighted by Crippen LogP contribution is -2.51. The molecule has 0 amide bonds. The molecular formula is C30H40O7. The molecule has 202 valence electrons. The summed E-state index contributed by atoms with van der Waals surface area (Å²) in [6, 6.07) is 0. The molecule has 5 aliphatic carbocycles. The zero-order chi connectivity index (χ0) is 26.6. The van der Waals surface area contributed by atoms with Crippen molar-refractivity contribution >= 4 is 11.9 Å². The smallest absolute Gasteiger partial charge is 0.309 e. The average Bonchev–Trinajstić information content (AvgIpc) is 3.50. The highest BCUT2D eigenvalue weighted by Crippen LogP contribution is 2.79. The number of ether oxygens (including phenoxy) is 2. The summed E-state index contributed by atoms with van der Waals surface area (Å²) in [4.78, 5) is 25.7. The van der Waals surface area contributed by atoms with Gasteiger partial charge in [-0.15, -0.1) is 0 Å². The van der Waals surface area contributed by atoms with E-state index in [9.17, 15) is 24.9 Å². The van der Waals surface area contributed by atoms with Gasteiger partial charge in [-0.2, -0.15) is 0 Å². The average molecular weight is 513 g/mol. The molecule has 0 aromatic heterocycles. The van der Waals surface area contributed by atoms with Gasteiger partial charge in [-0.25, -0.2) is 0 Å². The molecule has 0 radical (unpaired) electrons. The van der Waals surface area contributed by atoms with Gasteiger partial charge < -0.3 is 24.8 Å². The number of carbonyl (C=O) groups excluding carboxylic acids is 2. The number of hydrogen-bond acceptors (Lipinski definition) is 7. The molecule has 7 rings (SSSR count). The van der Waals surface area contributed by atoms with E-state index in [4.69, 9.17) is 9.47 Å². The van der Waals surface area contributed by atoms with Crippen molar-refractivity contribution in [1.82, 2.24) is 0 Å². The summed E-state index contributed by atoms with van der Waals surface area (Å²) in [6.07, 6.45) is 0.689. The Balaban J connectivity index is 1.49. The topological polar surface area (TPSA) is 113 Å². The van der Waals surface area contributed by atoms with E-state index >= 15 is 0 Å². The zero-order valence-electron chi connectivity index (χ0n) is 22.4. The summed E-state index contributed by atoms with van der Waals surface area (Å²) in [5.74, 6) is -2.33. The second-order valence-corrected chi connectivity index (χ2v) is 14.0. The second kappa shape index (κ2) is 7.08. The number of aliphatic hydroxyl groups is 3. The van der Waals surface area contributed by atoms with Crippen LogP contribution in [0.5, 0.6) is 0 Å². The van der Waals surface area contributed by atoms with Gasteiger partial charge in [0.05, 0.1) is 29.1 Å². The molecule has 0 aromatic carbocycles. The van der Waals surface area contributed by atoms with Crippen molar-refractivity contribution in [3.8, 4) is 0 Å². The van der Waals surface area contributed by atoms with E-state index in [1.54, 1.807) is 0 Å². The second-order valence-electron chi connectivity index (χ2n) is 14.0. The molecule has 0 aromatic rings. The molecule has 2 bridgehead atoms. The number of esters is 2. The quantitative estimate of drug-likeness (QED) is 0.338. The molecule has 2 aliphatic heterocycles. The fraction of sp³-hybridized carbons (Fsp3) is 0.800. The molecule has 0 spiro atoms.